The molecule has 0 heterocycles. The van der Waals surface area contributed by atoms with E-state index in [2.05, 4.69) is 0 Å². The van der Waals surface area contributed by atoms with Crippen molar-refractivity contribution >= 4 is 17.4 Å². The molecule has 0 aromatic heterocycles. The van der Waals surface area contributed by atoms with E-state index in [0.29, 0.717) is 12.3 Å². The first-order valence-electron chi connectivity index (χ1n) is 5.37. The Hall–Kier alpha value is -0.870. The molecule has 2 atom stereocenters. The minimum Gasteiger partial charge on any atom is -0.493 e. The third-order valence-electron chi connectivity index (χ3n) is 2.27. The van der Waals surface area contributed by atoms with Crippen LogP contribution in [0.15, 0.2) is 24.3 Å². The molecule has 2 unspecified atom stereocenters. The van der Waals surface area contributed by atoms with Crippen LogP contribution >= 0.6 is 11.8 Å². The zero-order valence-corrected chi connectivity index (χ0v) is 10.5. The summed E-state index contributed by atoms with van der Waals surface area (Å²) in [5, 5.41) is 9.54. The average Bonchev–Trinajstić information content (AvgIpc) is 2.24. The second-order valence-corrected chi connectivity index (χ2v) is 5.22. The van der Waals surface area contributed by atoms with E-state index in [9.17, 15) is 5.11 Å². The molecule has 0 radical (unpaired) electrons. The van der Waals surface area contributed by atoms with Gasteiger partial charge in [0.25, 0.3) is 0 Å². The van der Waals surface area contributed by atoms with Gasteiger partial charge < -0.3 is 15.6 Å². The van der Waals surface area contributed by atoms with Gasteiger partial charge in [-0.05, 0) is 19.1 Å². The highest BCUT2D eigenvalue weighted by Gasteiger charge is 2.08. The van der Waals surface area contributed by atoms with Crippen LogP contribution in [-0.2, 0) is 0 Å². The molecule has 3 nitrogen and oxygen atoms in total. The molecule has 0 amide bonds. The number of aliphatic hydroxyl groups is 1. The van der Waals surface area contributed by atoms with Crippen LogP contribution in [0.4, 0.5) is 5.69 Å². The summed E-state index contributed by atoms with van der Waals surface area (Å²) in [7, 11) is 0. The molecule has 1 aromatic carbocycles. The minimum atomic E-state index is -0.280. The Balaban J connectivity index is 2.21. The van der Waals surface area contributed by atoms with E-state index in [0.717, 1.165) is 11.5 Å². The number of hydrogen-bond donors (Lipinski definition) is 2. The summed E-state index contributed by atoms with van der Waals surface area (Å²) >= 11 is 1.70. The highest BCUT2D eigenvalue weighted by molar-refractivity contribution is 7.99. The van der Waals surface area contributed by atoms with Crippen molar-refractivity contribution in [1.82, 2.24) is 0 Å². The van der Waals surface area contributed by atoms with E-state index in [1.54, 1.807) is 18.7 Å². The molecule has 4 heteroatoms. The molecule has 1 aromatic rings. The molecule has 16 heavy (non-hydrogen) atoms. The van der Waals surface area contributed by atoms with Crippen LogP contribution in [0.3, 0.4) is 0 Å². The molecule has 0 aliphatic rings. The lowest BCUT2D eigenvalue weighted by molar-refractivity contribution is 0.196. The Bertz CT molecular complexity index is 318. The summed E-state index contributed by atoms with van der Waals surface area (Å²) in [6.07, 6.45) is -0.280. The lowest BCUT2D eigenvalue weighted by Gasteiger charge is -2.14. The van der Waals surface area contributed by atoms with Gasteiger partial charge in [-0.2, -0.15) is 11.8 Å². The van der Waals surface area contributed by atoms with E-state index in [1.807, 2.05) is 31.2 Å². The summed E-state index contributed by atoms with van der Waals surface area (Å²) in [6.45, 7) is 4.44. The summed E-state index contributed by atoms with van der Waals surface area (Å²) in [5.41, 5.74) is 6.34. The van der Waals surface area contributed by atoms with Crippen molar-refractivity contribution in [2.75, 3.05) is 18.1 Å². The number of hydrogen-bond acceptors (Lipinski definition) is 4. The summed E-state index contributed by atoms with van der Waals surface area (Å²) in [6, 6.07) is 7.40. The quantitative estimate of drug-likeness (QED) is 0.592. The summed E-state index contributed by atoms with van der Waals surface area (Å²) in [5.74, 6) is 1.66. The van der Waals surface area contributed by atoms with Crippen molar-refractivity contribution in [3.63, 3.8) is 0 Å². The molecular weight excluding hydrogens is 222 g/mol. The topological polar surface area (TPSA) is 55.5 Å². The second kappa shape index (κ2) is 6.66. The summed E-state index contributed by atoms with van der Waals surface area (Å²) in [4.78, 5) is 0. The average molecular weight is 241 g/mol. The van der Waals surface area contributed by atoms with Gasteiger partial charge in [0.1, 0.15) is 5.75 Å². The number of ether oxygens (including phenoxy) is 1. The fourth-order valence-corrected chi connectivity index (χ4v) is 1.97. The predicted octanol–water partition coefficient (Wildman–Crippen LogP) is 2.15. The first-order chi connectivity index (χ1) is 7.59. The van der Waals surface area contributed by atoms with Crippen LogP contribution in [0.1, 0.15) is 13.8 Å². The fourth-order valence-electron chi connectivity index (χ4n) is 1.14. The normalized spacial score (nSPS) is 14.4. The van der Waals surface area contributed by atoms with E-state index in [4.69, 9.17) is 10.5 Å². The second-order valence-electron chi connectivity index (χ2n) is 3.74. The van der Waals surface area contributed by atoms with Crippen LogP contribution in [0.25, 0.3) is 0 Å². The molecule has 3 N–H and O–H groups in total. The minimum absolute atomic E-state index is 0.240. The van der Waals surface area contributed by atoms with Crippen LogP contribution in [0, 0.1) is 0 Å². The number of anilines is 1. The van der Waals surface area contributed by atoms with Gasteiger partial charge in [0.2, 0.25) is 0 Å². The number of benzene rings is 1. The zero-order chi connectivity index (χ0) is 12.0. The van der Waals surface area contributed by atoms with Gasteiger partial charge in [-0.15, -0.1) is 0 Å². The van der Waals surface area contributed by atoms with Crippen molar-refractivity contribution < 1.29 is 9.84 Å². The van der Waals surface area contributed by atoms with E-state index >= 15 is 0 Å². The van der Waals surface area contributed by atoms with Gasteiger partial charge in [-0.1, -0.05) is 13.0 Å². The Morgan fingerprint density at radius 3 is 2.81 bits per heavy atom. The van der Waals surface area contributed by atoms with Gasteiger partial charge in [0, 0.05) is 22.8 Å². The molecular formula is C12H19NO2S. The number of aliphatic hydroxyl groups excluding tert-OH is 1. The predicted molar refractivity (Wildman–Crippen MR) is 70.0 cm³/mol. The van der Waals surface area contributed by atoms with Crippen molar-refractivity contribution in [3.05, 3.63) is 24.3 Å². The first kappa shape index (κ1) is 13.2. The zero-order valence-electron chi connectivity index (χ0n) is 9.72. The molecule has 0 saturated heterocycles. The third kappa shape index (κ3) is 4.77. The number of thioether (sulfide) groups is 1. The molecule has 0 bridgehead atoms. The maximum Gasteiger partial charge on any atom is 0.121 e. The maximum atomic E-state index is 9.30. The molecule has 1 rings (SSSR count). The van der Waals surface area contributed by atoms with Crippen molar-refractivity contribution in [3.8, 4) is 5.75 Å². The van der Waals surface area contributed by atoms with Crippen molar-refractivity contribution in [2.24, 2.45) is 0 Å². The highest BCUT2D eigenvalue weighted by Crippen LogP contribution is 2.17. The van der Waals surface area contributed by atoms with Crippen LogP contribution in [0.5, 0.6) is 5.75 Å². The van der Waals surface area contributed by atoms with Crippen molar-refractivity contribution in [2.45, 2.75) is 25.2 Å². The monoisotopic (exact) mass is 241 g/mol. The highest BCUT2D eigenvalue weighted by atomic mass is 32.2. The van der Waals surface area contributed by atoms with Crippen LogP contribution in [0.2, 0.25) is 0 Å². The lowest BCUT2D eigenvalue weighted by Crippen LogP contribution is -2.17. The Labute approximate surface area is 101 Å². The van der Waals surface area contributed by atoms with Crippen LogP contribution < -0.4 is 10.5 Å². The third-order valence-corrected chi connectivity index (χ3v) is 3.59. The van der Waals surface area contributed by atoms with Gasteiger partial charge in [-0.25, -0.2) is 0 Å². The molecule has 0 spiro atoms. The summed E-state index contributed by atoms with van der Waals surface area (Å²) < 4.78 is 5.53. The van der Waals surface area contributed by atoms with Crippen LogP contribution in [-0.4, -0.2) is 28.8 Å². The Kier molecular flexibility index (Phi) is 5.49. The van der Waals surface area contributed by atoms with Gasteiger partial charge in [0.05, 0.1) is 12.7 Å². The lowest BCUT2D eigenvalue weighted by atomic mass is 10.3. The molecule has 0 aliphatic carbocycles. The van der Waals surface area contributed by atoms with Gasteiger partial charge >= 0.3 is 0 Å². The van der Waals surface area contributed by atoms with Gasteiger partial charge in [-0.3, -0.25) is 0 Å². The maximum absolute atomic E-state index is 9.30. The SMILES string of the molecule is CC(O)C(C)SCCOc1cccc(N)c1. The fraction of sp³-hybridized carbons (Fsp3) is 0.500. The molecule has 0 aliphatic heterocycles. The number of rotatable bonds is 6. The Morgan fingerprint density at radius 1 is 1.44 bits per heavy atom. The number of nitrogens with two attached hydrogens (primary N) is 1. The molecule has 0 saturated carbocycles. The first-order valence-corrected chi connectivity index (χ1v) is 6.42. The molecule has 90 valence electrons. The molecule has 0 fully saturated rings. The number of nitrogen functional groups attached to an aromatic ring is 1. The van der Waals surface area contributed by atoms with Gasteiger partial charge in [0.15, 0.2) is 0 Å². The Morgan fingerprint density at radius 2 is 2.19 bits per heavy atom. The smallest absolute Gasteiger partial charge is 0.121 e. The van der Waals surface area contributed by atoms with Crippen molar-refractivity contribution in [1.29, 1.82) is 0 Å². The standard InChI is InChI=1S/C12H19NO2S/c1-9(14)10(2)16-7-6-15-12-5-3-4-11(13)8-12/h3-5,8-10,14H,6-7,13H2,1-2H3. The van der Waals surface area contributed by atoms with E-state index < -0.39 is 0 Å². The van der Waals surface area contributed by atoms with E-state index in [-0.39, 0.29) is 11.4 Å². The van der Waals surface area contributed by atoms with E-state index in [1.165, 1.54) is 0 Å². The largest absolute Gasteiger partial charge is 0.493 e.